The maximum atomic E-state index is 12.3. The number of benzene rings is 2. The number of ether oxygens (including phenoxy) is 2. The minimum Gasteiger partial charge on any atom is -0.496 e. The predicted molar refractivity (Wildman–Crippen MR) is 114 cm³/mol. The minimum atomic E-state index is -3.64. The average Bonchev–Trinajstić information content (AvgIpc) is 3.21. The number of nitrogens with zero attached hydrogens (tertiary/aromatic N) is 1. The van der Waals surface area contributed by atoms with Crippen molar-refractivity contribution >= 4 is 43.3 Å². The van der Waals surface area contributed by atoms with Crippen molar-refractivity contribution in [1.29, 1.82) is 0 Å². The fraction of sp³-hybridized carbons (Fsp3) is 0.158. The third-order valence-electron chi connectivity index (χ3n) is 3.94. The summed E-state index contributed by atoms with van der Waals surface area (Å²) in [7, 11) is -0.748. The van der Waals surface area contributed by atoms with Gasteiger partial charge in [-0.05, 0) is 43.4 Å². The highest BCUT2D eigenvalue weighted by Gasteiger charge is 2.16. The highest BCUT2D eigenvalue weighted by molar-refractivity contribution is 9.10. The van der Waals surface area contributed by atoms with Crippen LogP contribution in [-0.2, 0) is 21.4 Å². The van der Waals surface area contributed by atoms with Crippen LogP contribution in [-0.4, -0.2) is 33.5 Å². The van der Waals surface area contributed by atoms with Crippen molar-refractivity contribution in [3.63, 3.8) is 0 Å². The summed E-state index contributed by atoms with van der Waals surface area (Å²) < 4.78 is 37.5. The van der Waals surface area contributed by atoms with Gasteiger partial charge in [-0.15, -0.1) is 11.3 Å². The maximum Gasteiger partial charge on any atom is 0.338 e. The van der Waals surface area contributed by atoms with Crippen LogP contribution in [0.1, 0.15) is 16.1 Å². The van der Waals surface area contributed by atoms with E-state index < -0.39 is 16.0 Å². The van der Waals surface area contributed by atoms with E-state index in [-0.39, 0.29) is 17.1 Å². The van der Waals surface area contributed by atoms with Gasteiger partial charge in [0.1, 0.15) is 17.4 Å². The van der Waals surface area contributed by atoms with Crippen LogP contribution in [0.25, 0.3) is 10.6 Å². The lowest BCUT2D eigenvalue weighted by Crippen LogP contribution is -2.19. The third kappa shape index (κ3) is 5.02. The fourth-order valence-corrected chi connectivity index (χ4v) is 4.44. The molecule has 1 aromatic heterocycles. The third-order valence-corrected chi connectivity index (χ3v) is 6.77. The van der Waals surface area contributed by atoms with Gasteiger partial charge in [-0.25, -0.2) is 22.9 Å². The Hall–Kier alpha value is -2.27. The Morgan fingerprint density at radius 3 is 2.76 bits per heavy atom. The highest BCUT2D eigenvalue weighted by atomic mass is 79.9. The van der Waals surface area contributed by atoms with Gasteiger partial charge >= 0.3 is 5.97 Å². The van der Waals surface area contributed by atoms with Crippen LogP contribution in [0.4, 0.5) is 0 Å². The lowest BCUT2D eigenvalue weighted by Gasteiger charge is -2.07. The normalized spacial score (nSPS) is 11.3. The summed E-state index contributed by atoms with van der Waals surface area (Å²) in [5.41, 5.74) is 1.55. The Kier molecular flexibility index (Phi) is 6.68. The van der Waals surface area contributed by atoms with Crippen LogP contribution in [0.3, 0.4) is 0 Å². The van der Waals surface area contributed by atoms with Gasteiger partial charge in [0, 0.05) is 9.85 Å². The number of carbonyl (C=O) groups is 1. The van der Waals surface area contributed by atoms with Crippen molar-refractivity contribution in [3.05, 3.63) is 63.6 Å². The van der Waals surface area contributed by atoms with Crippen molar-refractivity contribution < 1.29 is 22.7 Å². The Labute approximate surface area is 180 Å². The van der Waals surface area contributed by atoms with Gasteiger partial charge < -0.3 is 9.47 Å². The van der Waals surface area contributed by atoms with E-state index in [1.54, 1.807) is 12.5 Å². The fourth-order valence-electron chi connectivity index (χ4n) is 2.48. The number of hydrogen-bond donors (Lipinski definition) is 1. The number of carbonyl (C=O) groups excluding carboxylic acids is 1. The molecule has 29 heavy (non-hydrogen) atoms. The zero-order valence-corrected chi connectivity index (χ0v) is 18.7. The first-order valence-corrected chi connectivity index (χ1v) is 11.5. The van der Waals surface area contributed by atoms with Crippen molar-refractivity contribution in [2.24, 2.45) is 0 Å². The molecule has 3 rings (SSSR count). The monoisotopic (exact) mass is 496 g/mol. The first kappa shape index (κ1) is 21.4. The summed E-state index contributed by atoms with van der Waals surface area (Å²) >= 11 is 4.84. The summed E-state index contributed by atoms with van der Waals surface area (Å²) in [5, 5.41) is 2.53. The second kappa shape index (κ2) is 9.04. The topological polar surface area (TPSA) is 94.6 Å². The lowest BCUT2D eigenvalue weighted by molar-refractivity contribution is 0.0468. The van der Waals surface area contributed by atoms with Crippen molar-refractivity contribution in [1.82, 2.24) is 9.71 Å². The van der Waals surface area contributed by atoms with Crippen molar-refractivity contribution in [2.45, 2.75) is 11.5 Å². The molecule has 0 bridgehead atoms. The van der Waals surface area contributed by atoms with Crippen molar-refractivity contribution in [2.75, 3.05) is 14.2 Å². The van der Waals surface area contributed by atoms with Gasteiger partial charge in [-0.1, -0.05) is 22.0 Å². The molecule has 1 heterocycles. The molecule has 0 saturated carbocycles. The molecule has 0 atom stereocenters. The first-order chi connectivity index (χ1) is 13.8. The number of rotatable bonds is 7. The molecule has 0 radical (unpaired) electrons. The molecule has 2 aromatic carbocycles. The van der Waals surface area contributed by atoms with E-state index in [0.717, 1.165) is 15.0 Å². The smallest absolute Gasteiger partial charge is 0.338 e. The summed E-state index contributed by atoms with van der Waals surface area (Å²) in [6.07, 6.45) is 0. The lowest BCUT2D eigenvalue weighted by atomic mass is 10.2. The van der Waals surface area contributed by atoms with Gasteiger partial charge in [0.15, 0.2) is 0 Å². The maximum absolute atomic E-state index is 12.3. The summed E-state index contributed by atoms with van der Waals surface area (Å²) in [6.45, 7) is -0.0331. The summed E-state index contributed by atoms with van der Waals surface area (Å²) in [4.78, 5) is 16.8. The molecule has 0 spiro atoms. The van der Waals surface area contributed by atoms with Gasteiger partial charge in [0.05, 0.1) is 28.8 Å². The van der Waals surface area contributed by atoms with E-state index in [1.165, 1.54) is 42.6 Å². The van der Waals surface area contributed by atoms with Crippen molar-refractivity contribution in [3.8, 4) is 16.3 Å². The quantitative estimate of drug-likeness (QED) is 0.499. The molecule has 0 aliphatic rings. The van der Waals surface area contributed by atoms with E-state index in [4.69, 9.17) is 9.47 Å². The Bertz CT molecular complexity index is 1150. The number of hydrogen-bond acceptors (Lipinski definition) is 7. The molecule has 0 aliphatic heterocycles. The van der Waals surface area contributed by atoms with E-state index in [0.29, 0.717) is 11.4 Å². The van der Waals surface area contributed by atoms with Gasteiger partial charge in [-0.3, -0.25) is 0 Å². The number of thiazole rings is 1. The molecule has 152 valence electrons. The number of nitrogens with one attached hydrogen (secondary N) is 1. The molecular formula is C19H17BrN2O5S2. The summed E-state index contributed by atoms with van der Waals surface area (Å²) in [5.74, 6) is 0.0568. The van der Waals surface area contributed by atoms with Crippen LogP contribution in [0.2, 0.25) is 0 Å². The van der Waals surface area contributed by atoms with Crippen LogP contribution in [0, 0.1) is 0 Å². The Morgan fingerprint density at radius 2 is 2.03 bits per heavy atom. The molecule has 0 amide bonds. The zero-order valence-electron chi connectivity index (χ0n) is 15.5. The number of sulfonamides is 1. The molecule has 0 aliphatic carbocycles. The molecule has 0 fully saturated rings. The molecule has 0 unspecified atom stereocenters. The predicted octanol–water partition coefficient (Wildman–Crippen LogP) is 3.85. The Morgan fingerprint density at radius 1 is 1.24 bits per heavy atom. The average molecular weight is 497 g/mol. The molecule has 7 nitrogen and oxygen atoms in total. The molecule has 1 N–H and O–H groups in total. The van der Waals surface area contributed by atoms with Crippen LogP contribution < -0.4 is 9.46 Å². The van der Waals surface area contributed by atoms with E-state index in [9.17, 15) is 13.2 Å². The van der Waals surface area contributed by atoms with Gasteiger partial charge in [0.25, 0.3) is 0 Å². The van der Waals surface area contributed by atoms with E-state index in [2.05, 4.69) is 25.6 Å². The number of methoxy groups -OCH3 is 1. The van der Waals surface area contributed by atoms with Crippen LogP contribution >= 0.6 is 27.3 Å². The molecular weight excluding hydrogens is 480 g/mol. The highest BCUT2D eigenvalue weighted by Crippen LogP contribution is 2.34. The zero-order chi connectivity index (χ0) is 21.0. The van der Waals surface area contributed by atoms with Crippen LogP contribution in [0.5, 0.6) is 5.75 Å². The number of esters is 1. The first-order valence-electron chi connectivity index (χ1n) is 8.33. The SMILES string of the molecule is CNS(=O)(=O)c1cccc(C(=O)OCc2csc(-c3cc(Br)ccc3OC)n2)c1. The number of halogens is 1. The largest absolute Gasteiger partial charge is 0.496 e. The Balaban J connectivity index is 1.73. The minimum absolute atomic E-state index is 0.00727. The standard InChI is InChI=1S/C19H17BrN2O5S2/c1-21-29(24,25)15-5-3-4-12(8-15)19(23)27-10-14-11-28-18(22-14)16-9-13(20)6-7-17(16)26-2/h3-9,11,21H,10H2,1-2H3. The molecule has 3 aromatic rings. The van der Waals surface area contributed by atoms with E-state index >= 15 is 0 Å². The van der Waals surface area contributed by atoms with Gasteiger partial charge in [-0.2, -0.15) is 0 Å². The molecule has 10 heteroatoms. The summed E-state index contributed by atoms with van der Waals surface area (Å²) in [6, 6.07) is 11.3. The van der Waals surface area contributed by atoms with Crippen LogP contribution in [0.15, 0.2) is 57.2 Å². The van der Waals surface area contributed by atoms with E-state index in [1.807, 2.05) is 18.2 Å². The van der Waals surface area contributed by atoms with Gasteiger partial charge in [0.2, 0.25) is 10.0 Å². The second-order valence-electron chi connectivity index (χ2n) is 5.80. The molecule has 0 saturated heterocycles. The second-order valence-corrected chi connectivity index (χ2v) is 9.46. The number of aromatic nitrogens is 1.